The van der Waals surface area contributed by atoms with Crippen LogP contribution in [0.3, 0.4) is 0 Å². The number of thiophene rings is 1. The predicted molar refractivity (Wildman–Crippen MR) is 302 cm³/mol. The van der Waals surface area contributed by atoms with Crippen molar-refractivity contribution < 1.29 is 0 Å². The van der Waals surface area contributed by atoms with Crippen molar-refractivity contribution in [2.75, 3.05) is 0 Å². The van der Waals surface area contributed by atoms with Crippen molar-refractivity contribution in [3.63, 3.8) is 0 Å². The number of hydrogen-bond donors (Lipinski definition) is 0. The van der Waals surface area contributed by atoms with Crippen LogP contribution in [0, 0.1) is 0 Å². The van der Waals surface area contributed by atoms with Crippen LogP contribution in [-0.4, -0.2) is 9.97 Å². The Morgan fingerprint density at radius 3 is 1.55 bits per heavy atom. The minimum atomic E-state index is -0.645. The number of hydrogen-bond acceptors (Lipinski definition) is 3. The lowest BCUT2D eigenvalue weighted by atomic mass is 9.52. The van der Waals surface area contributed by atoms with Gasteiger partial charge in [-0.05, 0) is 107 Å². The molecule has 0 unspecified atom stereocenters. The van der Waals surface area contributed by atoms with Gasteiger partial charge >= 0.3 is 0 Å². The van der Waals surface area contributed by atoms with Gasteiger partial charge in [0.25, 0.3) is 0 Å². The van der Waals surface area contributed by atoms with Gasteiger partial charge in [0.1, 0.15) is 0 Å². The summed E-state index contributed by atoms with van der Waals surface area (Å²) in [6, 6.07) is 94.8. The van der Waals surface area contributed by atoms with Crippen molar-refractivity contribution in [1.82, 2.24) is 9.97 Å². The maximum absolute atomic E-state index is 5.42. The number of benzene rings is 11. The molecule has 0 saturated carbocycles. The Bertz CT molecular complexity index is 4370. The molecule has 3 heteroatoms. The van der Waals surface area contributed by atoms with Gasteiger partial charge in [-0.2, -0.15) is 0 Å². The van der Waals surface area contributed by atoms with Gasteiger partial charge in [0, 0.05) is 36.9 Å². The topological polar surface area (TPSA) is 25.8 Å². The van der Waals surface area contributed by atoms with Gasteiger partial charge in [-0.25, -0.2) is 9.97 Å². The molecule has 2 heterocycles. The highest BCUT2D eigenvalue weighted by molar-refractivity contribution is 7.26. The summed E-state index contributed by atoms with van der Waals surface area (Å²) in [5.74, 6) is 0.710. The van der Waals surface area contributed by atoms with Crippen LogP contribution in [-0.2, 0) is 10.8 Å². The molecule has 11 aromatic carbocycles. The van der Waals surface area contributed by atoms with E-state index in [-0.39, 0.29) is 0 Å². The zero-order chi connectivity index (χ0) is 47.8. The van der Waals surface area contributed by atoms with Gasteiger partial charge in [0.15, 0.2) is 5.82 Å². The molecule has 0 radical (unpaired) electrons. The Morgan fingerprint density at radius 2 is 0.808 bits per heavy atom. The van der Waals surface area contributed by atoms with Gasteiger partial charge in [0.05, 0.1) is 22.2 Å². The SMILES string of the molecule is c1ccc(-c2cc(-c3cccc(-c4cccc5c4-c4ccc6c(sc7ccccc76)c4C54c5ccccc5C5(c6ccccc6-c6ccccc65)c5ccccc54)c3)nc(-c3cccc4ccccc34)n2)cc1. The second-order valence-corrected chi connectivity index (χ2v) is 20.9. The van der Waals surface area contributed by atoms with E-state index in [1.54, 1.807) is 0 Å². The van der Waals surface area contributed by atoms with E-state index >= 15 is 0 Å². The Balaban J connectivity index is 0.977. The summed E-state index contributed by atoms with van der Waals surface area (Å²) < 4.78 is 2.65. The first-order valence-electron chi connectivity index (χ1n) is 25.2. The fourth-order valence-electron chi connectivity index (χ4n) is 13.6. The second-order valence-electron chi connectivity index (χ2n) is 19.8. The third-order valence-corrected chi connectivity index (χ3v) is 17.6. The smallest absolute Gasteiger partial charge is 0.161 e. The average molecular weight is 943 g/mol. The van der Waals surface area contributed by atoms with Crippen molar-refractivity contribution >= 4 is 42.3 Å². The van der Waals surface area contributed by atoms with Crippen LogP contribution < -0.4 is 0 Å². The third kappa shape index (κ3) is 5.41. The summed E-state index contributed by atoms with van der Waals surface area (Å²) in [6.07, 6.45) is 0. The summed E-state index contributed by atoms with van der Waals surface area (Å²) >= 11 is 1.94. The molecule has 0 fully saturated rings. The highest BCUT2D eigenvalue weighted by Crippen LogP contribution is 2.69. The number of aromatic nitrogens is 2. The lowest BCUT2D eigenvalue weighted by Gasteiger charge is -2.49. The first-order valence-corrected chi connectivity index (χ1v) is 26.0. The van der Waals surface area contributed by atoms with Crippen LogP contribution in [0.4, 0.5) is 0 Å². The molecule has 2 aromatic heterocycles. The maximum atomic E-state index is 5.42. The minimum Gasteiger partial charge on any atom is -0.228 e. The number of nitrogens with zero attached hydrogens (tertiary/aromatic N) is 2. The molecule has 0 N–H and O–H groups in total. The average Bonchev–Trinajstić information content (AvgIpc) is 4.10. The van der Waals surface area contributed by atoms with Gasteiger partial charge < -0.3 is 0 Å². The normalized spacial score (nSPS) is 14.0. The molecule has 2 nitrogen and oxygen atoms in total. The lowest BCUT2D eigenvalue weighted by Crippen LogP contribution is -2.43. The van der Waals surface area contributed by atoms with E-state index in [1.165, 1.54) is 92.5 Å². The molecule has 0 atom stereocenters. The molecule has 2 spiro atoms. The number of rotatable bonds is 4. The van der Waals surface area contributed by atoms with Crippen LogP contribution in [0.2, 0.25) is 0 Å². The summed E-state index contributed by atoms with van der Waals surface area (Å²) in [4.78, 5) is 10.7. The fraction of sp³-hybridized carbons (Fsp3) is 0.0286. The minimum absolute atomic E-state index is 0.518. The van der Waals surface area contributed by atoms with Gasteiger partial charge in [0.2, 0.25) is 0 Å². The summed E-state index contributed by atoms with van der Waals surface area (Å²) in [7, 11) is 0. The van der Waals surface area contributed by atoms with Crippen LogP contribution in [0.1, 0.15) is 44.5 Å². The van der Waals surface area contributed by atoms with Crippen molar-refractivity contribution in [2.45, 2.75) is 10.8 Å². The Labute approximate surface area is 427 Å². The van der Waals surface area contributed by atoms with Crippen molar-refractivity contribution in [2.24, 2.45) is 0 Å². The van der Waals surface area contributed by atoms with Crippen molar-refractivity contribution in [3.8, 4) is 67.3 Å². The molecule has 338 valence electrons. The van der Waals surface area contributed by atoms with E-state index in [0.29, 0.717) is 5.82 Å². The zero-order valence-electron chi connectivity index (χ0n) is 39.6. The van der Waals surface area contributed by atoms with Crippen molar-refractivity contribution in [3.05, 3.63) is 299 Å². The summed E-state index contributed by atoms with van der Waals surface area (Å²) in [5, 5.41) is 4.91. The molecule has 3 aliphatic carbocycles. The standard InChI is InChI=1S/C70H42N2S/c1-2-20-44(21-3-1)62-42-63(72-68(71-62)53-30-17-22-43-19-4-5-25-47(43)53)46-24-16-23-45(41-46)48-29-18-37-61-65(48)54-40-39-52-51-28-8-15-38-64(51)73-67(52)66(54)70(61)59-35-13-11-33-57(59)69(58-34-12-14-36-60(58)70)55-31-9-6-26-49(55)50-27-7-10-32-56(50)69/h1-42H. The monoisotopic (exact) mass is 942 g/mol. The quantitative estimate of drug-likeness (QED) is 0.176. The van der Waals surface area contributed by atoms with E-state index in [1.807, 2.05) is 11.3 Å². The van der Waals surface area contributed by atoms with Crippen LogP contribution >= 0.6 is 11.3 Å². The highest BCUT2D eigenvalue weighted by atomic mass is 32.1. The lowest BCUT2D eigenvalue weighted by molar-refractivity contribution is 0.636. The third-order valence-electron chi connectivity index (χ3n) is 16.4. The summed E-state index contributed by atoms with van der Waals surface area (Å²) in [6.45, 7) is 0. The van der Waals surface area contributed by atoms with Gasteiger partial charge in [-0.3, -0.25) is 0 Å². The van der Waals surface area contributed by atoms with Crippen molar-refractivity contribution in [1.29, 1.82) is 0 Å². The molecule has 73 heavy (non-hydrogen) atoms. The van der Waals surface area contributed by atoms with E-state index in [9.17, 15) is 0 Å². The Hall–Kier alpha value is -9.02. The first kappa shape index (κ1) is 40.7. The maximum Gasteiger partial charge on any atom is 0.161 e. The molecular weight excluding hydrogens is 901 g/mol. The number of fused-ring (bicyclic) bond motifs is 21. The molecule has 0 saturated heterocycles. The zero-order valence-corrected chi connectivity index (χ0v) is 40.4. The van der Waals surface area contributed by atoms with E-state index in [0.717, 1.165) is 44.4 Å². The van der Waals surface area contributed by atoms with Crippen LogP contribution in [0.25, 0.3) is 98.2 Å². The predicted octanol–water partition coefficient (Wildman–Crippen LogP) is 17.7. The van der Waals surface area contributed by atoms with E-state index < -0.39 is 10.8 Å². The first-order chi connectivity index (χ1) is 36.2. The molecule has 0 aliphatic heterocycles. The largest absolute Gasteiger partial charge is 0.228 e. The summed E-state index contributed by atoms with van der Waals surface area (Å²) in [5.41, 5.74) is 22.0. The fourth-order valence-corrected chi connectivity index (χ4v) is 14.9. The molecular formula is C70H42N2S. The van der Waals surface area contributed by atoms with Crippen LogP contribution in [0.15, 0.2) is 255 Å². The van der Waals surface area contributed by atoms with E-state index in [4.69, 9.17) is 9.97 Å². The highest BCUT2D eigenvalue weighted by Gasteiger charge is 2.59. The Kier molecular flexibility index (Phi) is 8.50. The van der Waals surface area contributed by atoms with Gasteiger partial charge in [-0.1, -0.05) is 237 Å². The van der Waals surface area contributed by atoms with Gasteiger partial charge in [-0.15, -0.1) is 11.3 Å². The molecule has 0 amide bonds. The second kappa shape index (κ2) is 15.2. The van der Waals surface area contributed by atoms with E-state index in [2.05, 4.69) is 255 Å². The molecule has 0 bridgehead atoms. The molecule has 16 rings (SSSR count). The molecule has 3 aliphatic rings. The van der Waals surface area contributed by atoms with Crippen LogP contribution in [0.5, 0.6) is 0 Å². The molecule has 13 aromatic rings. The Morgan fingerprint density at radius 1 is 0.301 bits per heavy atom.